The quantitative estimate of drug-likeness (QED) is 0.315. The molecule has 1 heterocycles. The minimum Gasteiger partial charge on any atom is -0.376 e. The molecule has 9 heteroatoms. The van der Waals surface area contributed by atoms with Gasteiger partial charge in [0.05, 0.1) is 22.4 Å². The van der Waals surface area contributed by atoms with Crippen LogP contribution in [0.5, 0.6) is 0 Å². The molecule has 1 atom stereocenters. The van der Waals surface area contributed by atoms with Crippen molar-refractivity contribution in [3.05, 3.63) is 88.5 Å². The number of thioether (sulfide) groups is 1. The van der Waals surface area contributed by atoms with E-state index in [4.69, 9.17) is 23.2 Å². The molecule has 160 valence electrons. The molecule has 3 nitrogen and oxygen atoms in total. The summed E-state index contributed by atoms with van der Waals surface area (Å²) in [5.74, 6) is -0.670. The average Bonchev–Trinajstić information content (AvgIpc) is 3.16. The van der Waals surface area contributed by atoms with Gasteiger partial charge in [-0.15, -0.1) is 11.8 Å². The number of aromatic nitrogens is 2. The molecule has 1 aromatic heterocycles. The Kier molecular flexibility index (Phi) is 5.96. The summed E-state index contributed by atoms with van der Waals surface area (Å²) in [6.45, 7) is 0. The van der Waals surface area contributed by atoms with Crippen LogP contribution in [-0.2, 0) is 5.60 Å². The Hall–Kier alpha value is -2.19. The predicted molar refractivity (Wildman–Crippen MR) is 118 cm³/mol. The predicted octanol–water partition coefficient (Wildman–Crippen LogP) is 6.87. The van der Waals surface area contributed by atoms with E-state index in [2.05, 4.69) is 5.10 Å². The summed E-state index contributed by atoms with van der Waals surface area (Å²) in [5, 5.41) is 16.1. The molecule has 0 aliphatic carbocycles. The normalized spacial score (nSPS) is 14.0. The first kappa shape index (κ1) is 22.0. The number of hydrogen-bond donors (Lipinski definition) is 1. The monoisotopic (exact) mass is 482 g/mol. The van der Waals surface area contributed by atoms with Gasteiger partial charge in [0.2, 0.25) is 0 Å². The van der Waals surface area contributed by atoms with Gasteiger partial charge in [-0.1, -0.05) is 47.5 Å². The Bertz CT molecular complexity index is 1230. The van der Waals surface area contributed by atoms with Gasteiger partial charge in [0.15, 0.2) is 5.60 Å². The van der Waals surface area contributed by atoms with Gasteiger partial charge in [0.1, 0.15) is 0 Å². The van der Waals surface area contributed by atoms with Crippen molar-refractivity contribution in [2.45, 2.75) is 16.7 Å². The van der Waals surface area contributed by atoms with E-state index in [1.54, 1.807) is 4.68 Å². The highest BCUT2D eigenvalue weighted by molar-refractivity contribution is 7.99. The first-order valence-electron chi connectivity index (χ1n) is 9.10. The third kappa shape index (κ3) is 4.28. The summed E-state index contributed by atoms with van der Waals surface area (Å²) in [6.07, 6.45) is -3.42. The van der Waals surface area contributed by atoms with Crippen LogP contribution in [0.3, 0.4) is 0 Å². The number of benzene rings is 3. The molecule has 1 unspecified atom stereocenters. The van der Waals surface area contributed by atoms with Crippen molar-refractivity contribution in [1.82, 2.24) is 9.78 Å². The summed E-state index contributed by atoms with van der Waals surface area (Å²) in [7, 11) is 0. The van der Waals surface area contributed by atoms with E-state index in [0.717, 1.165) is 17.4 Å². The highest BCUT2D eigenvalue weighted by Gasteiger charge is 2.55. The van der Waals surface area contributed by atoms with Gasteiger partial charge >= 0.3 is 6.18 Å². The van der Waals surface area contributed by atoms with Crippen molar-refractivity contribution in [2.75, 3.05) is 5.75 Å². The zero-order valence-corrected chi connectivity index (χ0v) is 18.1. The van der Waals surface area contributed by atoms with Gasteiger partial charge in [0, 0.05) is 21.1 Å². The van der Waals surface area contributed by atoms with Crippen LogP contribution in [0.25, 0.3) is 16.6 Å². The smallest absolute Gasteiger partial charge is 0.376 e. The van der Waals surface area contributed by atoms with Crippen LogP contribution in [0.1, 0.15) is 5.56 Å². The SMILES string of the molecule is OC(CSc1ccc(Cl)cc1Cl)(c1ccc2c(cnn2-c2ccccc2)c1)C(F)(F)F. The maximum atomic E-state index is 14.0. The van der Waals surface area contributed by atoms with Gasteiger partial charge in [-0.25, -0.2) is 4.68 Å². The Morgan fingerprint density at radius 2 is 1.71 bits per heavy atom. The number of alkyl halides is 3. The molecule has 0 radical (unpaired) electrons. The number of rotatable bonds is 5. The van der Waals surface area contributed by atoms with E-state index >= 15 is 0 Å². The van der Waals surface area contributed by atoms with Crippen molar-refractivity contribution in [2.24, 2.45) is 0 Å². The molecule has 0 spiro atoms. The molecule has 0 bridgehead atoms. The summed E-state index contributed by atoms with van der Waals surface area (Å²) in [5.41, 5.74) is -1.93. The molecule has 4 aromatic rings. The van der Waals surface area contributed by atoms with Gasteiger partial charge < -0.3 is 5.11 Å². The fraction of sp³-hybridized carbons (Fsp3) is 0.136. The maximum absolute atomic E-state index is 14.0. The van der Waals surface area contributed by atoms with Crippen molar-refractivity contribution < 1.29 is 18.3 Å². The number of aliphatic hydroxyl groups is 1. The van der Waals surface area contributed by atoms with Crippen LogP contribution in [-0.4, -0.2) is 26.8 Å². The maximum Gasteiger partial charge on any atom is 0.422 e. The Morgan fingerprint density at radius 1 is 0.968 bits per heavy atom. The number of nitrogens with zero attached hydrogens (tertiary/aromatic N) is 2. The van der Waals surface area contributed by atoms with E-state index in [1.807, 2.05) is 30.3 Å². The molecule has 0 fully saturated rings. The molecule has 4 rings (SSSR count). The molecule has 31 heavy (non-hydrogen) atoms. The van der Waals surface area contributed by atoms with Crippen molar-refractivity contribution in [1.29, 1.82) is 0 Å². The second-order valence-electron chi connectivity index (χ2n) is 6.89. The second kappa shape index (κ2) is 8.39. The zero-order chi connectivity index (χ0) is 22.2. The highest BCUT2D eigenvalue weighted by Crippen LogP contribution is 2.44. The first-order valence-corrected chi connectivity index (χ1v) is 10.8. The van der Waals surface area contributed by atoms with E-state index in [-0.39, 0.29) is 10.6 Å². The minimum absolute atomic E-state index is 0.224. The third-order valence-electron chi connectivity index (χ3n) is 4.85. The summed E-state index contributed by atoms with van der Waals surface area (Å²) in [4.78, 5) is 0.395. The minimum atomic E-state index is -4.90. The van der Waals surface area contributed by atoms with E-state index < -0.39 is 17.5 Å². The molecule has 0 saturated carbocycles. The Balaban J connectivity index is 1.70. The Morgan fingerprint density at radius 3 is 2.39 bits per heavy atom. The molecule has 0 amide bonds. The summed E-state index contributed by atoms with van der Waals surface area (Å²) < 4.78 is 43.6. The van der Waals surface area contributed by atoms with Crippen LogP contribution >= 0.6 is 35.0 Å². The molecular formula is C22H15Cl2F3N2OS. The molecule has 3 aromatic carbocycles. The number of fused-ring (bicyclic) bond motifs is 1. The second-order valence-corrected chi connectivity index (χ2v) is 8.75. The lowest BCUT2D eigenvalue weighted by atomic mass is 9.94. The van der Waals surface area contributed by atoms with Crippen LogP contribution in [0.15, 0.2) is 77.8 Å². The van der Waals surface area contributed by atoms with Crippen LogP contribution in [0, 0.1) is 0 Å². The number of para-hydroxylation sites is 1. The van der Waals surface area contributed by atoms with E-state index in [1.165, 1.54) is 42.6 Å². The van der Waals surface area contributed by atoms with Crippen molar-refractivity contribution in [3.8, 4) is 5.69 Å². The third-order valence-corrected chi connectivity index (χ3v) is 6.73. The summed E-state index contributed by atoms with van der Waals surface area (Å²) in [6, 6.07) is 17.9. The fourth-order valence-corrected chi connectivity index (χ4v) is 4.80. The lowest BCUT2D eigenvalue weighted by molar-refractivity contribution is -0.256. The number of halogens is 5. The molecular weight excluding hydrogens is 468 g/mol. The van der Waals surface area contributed by atoms with Gasteiger partial charge in [-0.05, 0) is 48.0 Å². The molecule has 1 N–H and O–H groups in total. The largest absolute Gasteiger partial charge is 0.422 e. The Labute approximate surface area is 190 Å². The van der Waals surface area contributed by atoms with Crippen LogP contribution in [0.2, 0.25) is 10.0 Å². The van der Waals surface area contributed by atoms with Gasteiger partial charge in [-0.2, -0.15) is 18.3 Å². The van der Waals surface area contributed by atoms with E-state index in [9.17, 15) is 18.3 Å². The molecule has 0 saturated heterocycles. The van der Waals surface area contributed by atoms with Crippen molar-refractivity contribution in [3.63, 3.8) is 0 Å². The standard InChI is InChI=1S/C22H15Cl2F3N2OS/c23-16-7-9-20(18(24)11-16)31-13-21(30,22(25,26)27)15-6-8-19-14(10-15)12-28-29(19)17-4-2-1-3-5-17/h1-12,30H,13H2. The highest BCUT2D eigenvalue weighted by atomic mass is 35.5. The first-order chi connectivity index (χ1) is 14.7. The van der Waals surface area contributed by atoms with Gasteiger partial charge in [-0.3, -0.25) is 0 Å². The fourth-order valence-electron chi connectivity index (χ4n) is 3.17. The van der Waals surface area contributed by atoms with E-state index in [0.29, 0.717) is 20.8 Å². The average molecular weight is 483 g/mol. The lowest BCUT2D eigenvalue weighted by Gasteiger charge is -2.31. The zero-order valence-electron chi connectivity index (χ0n) is 15.8. The lowest BCUT2D eigenvalue weighted by Crippen LogP contribution is -2.44. The number of hydrogen-bond acceptors (Lipinski definition) is 3. The summed E-state index contributed by atoms with van der Waals surface area (Å²) >= 11 is 12.7. The van der Waals surface area contributed by atoms with Crippen LogP contribution < -0.4 is 0 Å². The van der Waals surface area contributed by atoms with Gasteiger partial charge in [0.25, 0.3) is 0 Å². The molecule has 0 aliphatic heterocycles. The van der Waals surface area contributed by atoms with Crippen LogP contribution in [0.4, 0.5) is 13.2 Å². The topological polar surface area (TPSA) is 38.1 Å². The molecule has 0 aliphatic rings. The van der Waals surface area contributed by atoms with Crippen molar-refractivity contribution >= 4 is 45.9 Å².